The van der Waals surface area contributed by atoms with E-state index in [1.165, 1.54) is 37.2 Å². The Hall–Kier alpha value is -1.19. The summed E-state index contributed by atoms with van der Waals surface area (Å²) in [5.41, 5.74) is 3.75. The fourth-order valence-corrected chi connectivity index (χ4v) is 3.57. The molecule has 0 aliphatic carbocycles. The minimum absolute atomic E-state index is 0.741. The van der Waals surface area contributed by atoms with Gasteiger partial charge in [0.1, 0.15) is 0 Å². The molecule has 1 aliphatic heterocycles. The summed E-state index contributed by atoms with van der Waals surface area (Å²) >= 11 is 9.53. The second kappa shape index (κ2) is 6.71. The zero-order valence-corrected chi connectivity index (χ0v) is 14.1. The van der Waals surface area contributed by atoms with Crippen molar-refractivity contribution in [2.75, 3.05) is 23.3 Å². The lowest BCUT2D eigenvalue weighted by molar-refractivity contribution is 0.949. The number of nitrogens with zero attached hydrogens (tertiary/aromatic N) is 1. The molecule has 2 aromatic rings. The third kappa shape index (κ3) is 3.53. The Bertz CT molecular complexity index is 624. The van der Waals surface area contributed by atoms with Gasteiger partial charge in [0.05, 0.1) is 0 Å². The van der Waals surface area contributed by atoms with Gasteiger partial charge in [-0.3, -0.25) is 0 Å². The molecule has 0 amide bonds. The summed E-state index contributed by atoms with van der Waals surface area (Å²) in [5.74, 6) is 0. The molecule has 2 nitrogen and oxygen atoms in total. The van der Waals surface area contributed by atoms with Crippen LogP contribution in [0.5, 0.6) is 0 Å². The van der Waals surface area contributed by atoms with Crippen molar-refractivity contribution in [3.05, 3.63) is 57.5 Å². The van der Waals surface area contributed by atoms with Gasteiger partial charge in [0.25, 0.3) is 0 Å². The van der Waals surface area contributed by atoms with E-state index in [2.05, 4.69) is 50.4 Å². The van der Waals surface area contributed by atoms with Crippen molar-refractivity contribution < 1.29 is 0 Å². The van der Waals surface area contributed by atoms with E-state index in [1.807, 2.05) is 18.2 Å². The van der Waals surface area contributed by atoms with Crippen LogP contribution in [0.4, 0.5) is 11.4 Å². The average Bonchev–Trinajstić information content (AvgIpc) is 3.01. The van der Waals surface area contributed by atoms with Crippen LogP contribution in [0.1, 0.15) is 18.4 Å². The van der Waals surface area contributed by atoms with Gasteiger partial charge < -0.3 is 10.2 Å². The Kier molecular flexibility index (Phi) is 4.71. The van der Waals surface area contributed by atoms with Gasteiger partial charge in [0, 0.05) is 40.5 Å². The smallest absolute Gasteiger partial charge is 0.0488 e. The number of anilines is 2. The first-order valence-corrected chi connectivity index (χ1v) is 8.43. The molecule has 0 spiro atoms. The largest absolute Gasteiger partial charge is 0.380 e. The van der Waals surface area contributed by atoms with Gasteiger partial charge >= 0.3 is 0 Å². The lowest BCUT2D eigenvalue weighted by Crippen LogP contribution is -2.19. The van der Waals surface area contributed by atoms with E-state index in [0.29, 0.717) is 0 Å². The highest BCUT2D eigenvalue weighted by molar-refractivity contribution is 9.10. The summed E-state index contributed by atoms with van der Waals surface area (Å²) in [6.07, 6.45) is 2.59. The molecule has 0 radical (unpaired) electrons. The number of hydrogen-bond acceptors (Lipinski definition) is 2. The van der Waals surface area contributed by atoms with Crippen LogP contribution in [0.2, 0.25) is 5.02 Å². The molecule has 0 atom stereocenters. The van der Waals surface area contributed by atoms with E-state index in [4.69, 9.17) is 11.6 Å². The Labute approximate surface area is 139 Å². The van der Waals surface area contributed by atoms with Gasteiger partial charge in [0.15, 0.2) is 0 Å². The number of halogens is 2. The monoisotopic (exact) mass is 364 g/mol. The number of benzene rings is 2. The van der Waals surface area contributed by atoms with Gasteiger partial charge in [-0.05, 0) is 58.6 Å². The summed E-state index contributed by atoms with van der Waals surface area (Å²) in [4.78, 5) is 2.48. The minimum Gasteiger partial charge on any atom is -0.380 e. The highest BCUT2D eigenvalue weighted by atomic mass is 79.9. The van der Waals surface area contributed by atoms with Crippen molar-refractivity contribution in [2.24, 2.45) is 0 Å². The molecule has 1 aliphatic rings. The molecule has 0 unspecified atom stereocenters. The Morgan fingerprint density at radius 2 is 1.86 bits per heavy atom. The number of nitrogens with one attached hydrogen (secondary N) is 1. The molecule has 4 heteroatoms. The Morgan fingerprint density at radius 1 is 1.10 bits per heavy atom. The van der Waals surface area contributed by atoms with Gasteiger partial charge in [-0.15, -0.1) is 0 Å². The molecular formula is C17H18BrClN2. The van der Waals surface area contributed by atoms with Crippen LogP contribution in [-0.4, -0.2) is 13.1 Å². The van der Waals surface area contributed by atoms with E-state index < -0.39 is 0 Å². The molecule has 1 fully saturated rings. The fourth-order valence-electron chi connectivity index (χ4n) is 2.75. The molecule has 1 N–H and O–H groups in total. The van der Waals surface area contributed by atoms with Crippen LogP contribution in [0, 0.1) is 0 Å². The number of para-hydroxylation sites is 1. The van der Waals surface area contributed by atoms with Gasteiger partial charge in [-0.25, -0.2) is 0 Å². The molecule has 1 heterocycles. The second-order valence-electron chi connectivity index (χ2n) is 5.30. The first-order valence-electron chi connectivity index (χ1n) is 7.26. The highest BCUT2D eigenvalue weighted by Crippen LogP contribution is 2.28. The predicted molar refractivity (Wildman–Crippen MR) is 94.4 cm³/mol. The van der Waals surface area contributed by atoms with E-state index in [1.54, 1.807) is 0 Å². The molecule has 3 rings (SSSR count). The summed E-state index contributed by atoms with van der Waals surface area (Å²) in [5, 5.41) is 4.23. The molecule has 0 aromatic heterocycles. The summed E-state index contributed by atoms with van der Waals surface area (Å²) in [6, 6.07) is 14.5. The molecule has 2 aromatic carbocycles. The fraction of sp³-hybridized carbons (Fsp3) is 0.294. The first kappa shape index (κ1) is 14.7. The van der Waals surface area contributed by atoms with Crippen LogP contribution in [0.15, 0.2) is 46.9 Å². The zero-order valence-electron chi connectivity index (χ0n) is 11.8. The van der Waals surface area contributed by atoms with Gasteiger partial charge in [-0.2, -0.15) is 0 Å². The topological polar surface area (TPSA) is 15.3 Å². The lowest BCUT2D eigenvalue weighted by atomic mass is 10.1. The molecule has 0 saturated carbocycles. The standard InChI is InChI=1S/C17H18BrClN2/c18-15-11-14(19)7-8-16(15)20-12-13-5-1-2-6-17(13)21-9-3-4-10-21/h1-2,5-8,11,20H,3-4,9-10,12H2. The van der Waals surface area contributed by atoms with E-state index in [-0.39, 0.29) is 0 Å². The van der Waals surface area contributed by atoms with Gasteiger partial charge in [-0.1, -0.05) is 29.8 Å². The van der Waals surface area contributed by atoms with Crippen molar-refractivity contribution >= 4 is 38.9 Å². The summed E-state index contributed by atoms with van der Waals surface area (Å²) < 4.78 is 0.994. The third-order valence-corrected chi connectivity index (χ3v) is 4.73. The maximum atomic E-state index is 5.98. The maximum Gasteiger partial charge on any atom is 0.0488 e. The van der Waals surface area contributed by atoms with Crippen LogP contribution in [0.25, 0.3) is 0 Å². The van der Waals surface area contributed by atoms with Crippen molar-refractivity contribution in [3.63, 3.8) is 0 Å². The van der Waals surface area contributed by atoms with Crippen molar-refractivity contribution in [1.82, 2.24) is 0 Å². The van der Waals surface area contributed by atoms with Crippen molar-refractivity contribution in [2.45, 2.75) is 19.4 Å². The van der Waals surface area contributed by atoms with E-state index >= 15 is 0 Å². The maximum absolute atomic E-state index is 5.98. The average molecular weight is 366 g/mol. The van der Waals surface area contributed by atoms with Crippen LogP contribution in [-0.2, 0) is 6.54 Å². The molecule has 1 saturated heterocycles. The van der Waals surface area contributed by atoms with Gasteiger partial charge in [0.2, 0.25) is 0 Å². The predicted octanol–water partition coefficient (Wildman–Crippen LogP) is 5.31. The molecule has 110 valence electrons. The van der Waals surface area contributed by atoms with E-state index in [0.717, 1.165) is 21.7 Å². The number of hydrogen-bond donors (Lipinski definition) is 1. The SMILES string of the molecule is Clc1ccc(NCc2ccccc2N2CCCC2)c(Br)c1. The number of rotatable bonds is 4. The highest BCUT2D eigenvalue weighted by Gasteiger charge is 2.15. The van der Waals surface area contributed by atoms with Crippen LogP contribution >= 0.6 is 27.5 Å². The van der Waals surface area contributed by atoms with Crippen molar-refractivity contribution in [1.29, 1.82) is 0 Å². The van der Waals surface area contributed by atoms with E-state index in [9.17, 15) is 0 Å². The molecular weight excluding hydrogens is 348 g/mol. The second-order valence-corrected chi connectivity index (χ2v) is 6.59. The first-order chi connectivity index (χ1) is 10.2. The lowest BCUT2D eigenvalue weighted by Gasteiger charge is -2.22. The zero-order chi connectivity index (χ0) is 14.7. The quantitative estimate of drug-likeness (QED) is 0.789. The van der Waals surface area contributed by atoms with Crippen LogP contribution < -0.4 is 10.2 Å². The molecule has 0 bridgehead atoms. The molecule has 21 heavy (non-hydrogen) atoms. The van der Waals surface area contributed by atoms with Crippen molar-refractivity contribution in [3.8, 4) is 0 Å². The van der Waals surface area contributed by atoms with Crippen LogP contribution in [0.3, 0.4) is 0 Å². The normalized spacial score (nSPS) is 14.5. The summed E-state index contributed by atoms with van der Waals surface area (Å²) in [7, 11) is 0. The summed E-state index contributed by atoms with van der Waals surface area (Å²) in [6.45, 7) is 3.15. The minimum atomic E-state index is 0.741. The Balaban J connectivity index is 1.75. The third-order valence-electron chi connectivity index (χ3n) is 3.84. The Morgan fingerprint density at radius 3 is 2.62 bits per heavy atom.